The van der Waals surface area contributed by atoms with E-state index in [0.29, 0.717) is 17.8 Å². The van der Waals surface area contributed by atoms with Crippen molar-refractivity contribution in [1.82, 2.24) is 15.0 Å². The van der Waals surface area contributed by atoms with Crippen LogP contribution >= 0.6 is 0 Å². The summed E-state index contributed by atoms with van der Waals surface area (Å²) in [7, 11) is 5.66. The van der Waals surface area contributed by atoms with Gasteiger partial charge in [0.25, 0.3) is 0 Å². The van der Waals surface area contributed by atoms with Gasteiger partial charge in [-0.05, 0) is 6.42 Å². The molecule has 1 rings (SSSR count). The van der Waals surface area contributed by atoms with E-state index < -0.39 is 0 Å². The van der Waals surface area contributed by atoms with Crippen LogP contribution in [0.3, 0.4) is 0 Å². The maximum Gasteiger partial charge on any atom is 0.231 e. The Morgan fingerprint density at radius 1 is 0.900 bits per heavy atom. The van der Waals surface area contributed by atoms with E-state index in [4.69, 9.17) is 0 Å². The summed E-state index contributed by atoms with van der Waals surface area (Å²) in [4.78, 5) is 14.8. The molecular weight excluding hydrogens is 252 g/mol. The molecule has 1 aromatic rings. The summed E-state index contributed by atoms with van der Waals surface area (Å²) < 4.78 is 0. The molecule has 0 spiro atoms. The van der Waals surface area contributed by atoms with Gasteiger partial charge in [-0.1, -0.05) is 39.0 Å². The third-order valence-corrected chi connectivity index (χ3v) is 3.06. The van der Waals surface area contributed by atoms with Crippen molar-refractivity contribution in [3.05, 3.63) is 0 Å². The maximum absolute atomic E-state index is 4.38. The molecule has 114 valence electrons. The zero-order valence-electron chi connectivity index (χ0n) is 13.2. The number of anilines is 3. The molecule has 0 fully saturated rings. The average molecular weight is 280 g/mol. The fourth-order valence-corrected chi connectivity index (χ4v) is 1.86. The topological polar surface area (TPSA) is 66.0 Å². The molecule has 0 aliphatic heterocycles. The average Bonchev–Trinajstić information content (AvgIpc) is 2.46. The van der Waals surface area contributed by atoms with Crippen LogP contribution < -0.4 is 15.5 Å². The molecule has 0 saturated heterocycles. The summed E-state index contributed by atoms with van der Waals surface area (Å²) in [5.41, 5.74) is 0. The van der Waals surface area contributed by atoms with Gasteiger partial charge >= 0.3 is 0 Å². The highest BCUT2D eigenvalue weighted by Gasteiger charge is 2.06. The molecular formula is C14H28N6. The molecule has 0 saturated carbocycles. The first-order chi connectivity index (χ1) is 9.67. The van der Waals surface area contributed by atoms with Gasteiger partial charge in [0.05, 0.1) is 0 Å². The van der Waals surface area contributed by atoms with Gasteiger partial charge in [-0.15, -0.1) is 0 Å². The first-order valence-electron chi connectivity index (χ1n) is 7.52. The fourth-order valence-electron chi connectivity index (χ4n) is 1.86. The minimum absolute atomic E-state index is 0.592. The normalized spacial score (nSPS) is 10.4. The third-order valence-electron chi connectivity index (χ3n) is 3.06. The molecule has 0 unspecified atom stereocenters. The first-order valence-corrected chi connectivity index (χ1v) is 7.52. The minimum atomic E-state index is 0.592. The summed E-state index contributed by atoms with van der Waals surface area (Å²) in [5, 5.41) is 6.24. The lowest BCUT2D eigenvalue weighted by atomic mass is 10.1. The Labute approximate surface area is 122 Å². The summed E-state index contributed by atoms with van der Waals surface area (Å²) in [6.07, 6.45) is 7.72. The van der Waals surface area contributed by atoms with E-state index in [0.717, 1.165) is 13.0 Å². The quantitative estimate of drug-likeness (QED) is 0.642. The molecule has 6 heteroatoms. The lowest BCUT2D eigenvalue weighted by Crippen LogP contribution is -2.16. The van der Waals surface area contributed by atoms with Crippen molar-refractivity contribution in [3.8, 4) is 0 Å². The molecule has 0 aliphatic rings. The molecule has 2 N–H and O–H groups in total. The Morgan fingerprint density at radius 3 is 2.20 bits per heavy atom. The first kappa shape index (κ1) is 16.5. The number of unbranched alkanes of at least 4 members (excludes halogenated alkanes) is 5. The van der Waals surface area contributed by atoms with Crippen LogP contribution in [0.5, 0.6) is 0 Å². The predicted octanol–water partition coefficient (Wildman–Crippen LogP) is 2.75. The second-order valence-corrected chi connectivity index (χ2v) is 5.12. The SMILES string of the molecule is CCCCCCCCNc1nc(NC)nc(N(C)C)n1. The van der Waals surface area contributed by atoms with Crippen molar-refractivity contribution in [2.45, 2.75) is 45.4 Å². The molecule has 20 heavy (non-hydrogen) atoms. The van der Waals surface area contributed by atoms with E-state index in [1.54, 1.807) is 0 Å². The Balaban J connectivity index is 2.37. The lowest BCUT2D eigenvalue weighted by molar-refractivity contribution is 0.616. The predicted molar refractivity (Wildman–Crippen MR) is 85.6 cm³/mol. The molecule has 0 aromatic carbocycles. The Morgan fingerprint density at radius 2 is 1.55 bits per heavy atom. The number of hydrogen-bond donors (Lipinski definition) is 2. The highest BCUT2D eigenvalue weighted by molar-refractivity contribution is 5.42. The maximum atomic E-state index is 4.38. The molecule has 0 amide bonds. The van der Waals surface area contributed by atoms with E-state index in [1.807, 2.05) is 26.0 Å². The van der Waals surface area contributed by atoms with Gasteiger partial charge in [0.1, 0.15) is 0 Å². The largest absolute Gasteiger partial charge is 0.357 e. The van der Waals surface area contributed by atoms with Gasteiger partial charge in [0.15, 0.2) is 0 Å². The smallest absolute Gasteiger partial charge is 0.231 e. The summed E-state index contributed by atoms with van der Waals surface area (Å²) >= 11 is 0. The van der Waals surface area contributed by atoms with Gasteiger partial charge in [-0.3, -0.25) is 0 Å². The Bertz CT molecular complexity index is 380. The minimum Gasteiger partial charge on any atom is -0.357 e. The zero-order valence-corrected chi connectivity index (χ0v) is 13.2. The number of hydrogen-bond acceptors (Lipinski definition) is 6. The Hall–Kier alpha value is -1.59. The molecule has 1 aromatic heterocycles. The van der Waals surface area contributed by atoms with Crippen LogP contribution in [0.25, 0.3) is 0 Å². The van der Waals surface area contributed by atoms with E-state index >= 15 is 0 Å². The van der Waals surface area contributed by atoms with Crippen LogP contribution in [0.2, 0.25) is 0 Å². The van der Waals surface area contributed by atoms with Crippen molar-refractivity contribution in [1.29, 1.82) is 0 Å². The van der Waals surface area contributed by atoms with E-state index in [9.17, 15) is 0 Å². The van der Waals surface area contributed by atoms with Crippen LogP contribution in [0, 0.1) is 0 Å². The van der Waals surface area contributed by atoms with Crippen molar-refractivity contribution in [3.63, 3.8) is 0 Å². The molecule has 0 atom stereocenters. The lowest BCUT2D eigenvalue weighted by Gasteiger charge is -2.13. The molecule has 0 aliphatic carbocycles. The highest BCUT2D eigenvalue weighted by atomic mass is 15.3. The van der Waals surface area contributed by atoms with Gasteiger partial charge in [0.2, 0.25) is 17.8 Å². The van der Waals surface area contributed by atoms with Crippen LogP contribution in [-0.2, 0) is 0 Å². The van der Waals surface area contributed by atoms with Gasteiger partial charge in [-0.2, -0.15) is 15.0 Å². The zero-order chi connectivity index (χ0) is 14.8. The number of nitrogens with zero attached hydrogens (tertiary/aromatic N) is 4. The van der Waals surface area contributed by atoms with Crippen LogP contribution in [0.4, 0.5) is 17.8 Å². The number of aromatic nitrogens is 3. The van der Waals surface area contributed by atoms with Gasteiger partial charge < -0.3 is 15.5 Å². The van der Waals surface area contributed by atoms with Gasteiger partial charge in [-0.25, -0.2) is 0 Å². The number of rotatable bonds is 10. The van der Waals surface area contributed by atoms with E-state index in [1.165, 1.54) is 32.1 Å². The van der Waals surface area contributed by atoms with Crippen molar-refractivity contribution in [2.24, 2.45) is 0 Å². The molecule has 0 bridgehead atoms. The van der Waals surface area contributed by atoms with E-state index in [2.05, 4.69) is 32.5 Å². The van der Waals surface area contributed by atoms with Crippen molar-refractivity contribution >= 4 is 17.8 Å². The van der Waals surface area contributed by atoms with Crippen LogP contribution in [0.15, 0.2) is 0 Å². The van der Waals surface area contributed by atoms with Crippen molar-refractivity contribution in [2.75, 3.05) is 43.2 Å². The number of nitrogens with one attached hydrogen (secondary N) is 2. The van der Waals surface area contributed by atoms with Crippen LogP contribution in [0.1, 0.15) is 45.4 Å². The fraction of sp³-hybridized carbons (Fsp3) is 0.786. The third kappa shape index (κ3) is 6.04. The monoisotopic (exact) mass is 280 g/mol. The van der Waals surface area contributed by atoms with E-state index in [-0.39, 0.29) is 0 Å². The van der Waals surface area contributed by atoms with Crippen molar-refractivity contribution < 1.29 is 0 Å². The van der Waals surface area contributed by atoms with Gasteiger partial charge in [0, 0.05) is 27.7 Å². The molecule has 1 heterocycles. The summed E-state index contributed by atoms with van der Waals surface area (Å²) in [6.45, 7) is 3.15. The second-order valence-electron chi connectivity index (χ2n) is 5.12. The highest BCUT2D eigenvalue weighted by Crippen LogP contribution is 2.11. The Kier molecular flexibility index (Phi) is 7.69. The summed E-state index contributed by atoms with van der Waals surface area (Å²) in [6, 6.07) is 0. The summed E-state index contributed by atoms with van der Waals surface area (Å²) in [5.74, 6) is 1.89. The van der Waals surface area contributed by atoms with Crippen LogP contribution in [-0.4, -0.2) is 42.6 Å². The second kappa shape index (κ2) is 9.34. The standard InChI is InChI=1S/C14H28N6/c1-5-6-7-8-9-10-11-16-13-17-12(15-2)18-14(19-13)20(3)4/h5-11H2,1-4H3,(H2,15,16,17,18,19). The molecule has 6 nitrogen and oxygen atoms in total. The molecule has 0 radical (unpaired) electrons.